The highest BCUT2D eigenvalue weighted by molar-refractivity contribution is 6.04. The molecule has 22 heavy (non-hydrogen) atoms. The van der Waals surface area contributed by atoms with Gasteiger partial charge in [-0.15, -0.1) is 0 Å². The summed E-state index contributed by atoms with van der Waals surface area (Å²) in [7, 11) is 0. The second kappa shape index (κ2) is 4.81. The van der Waals surface area contributed by atoms with Gasteiger partial charge in [-0.05, 0) is 51.8 Å². The fraction of sp³-hybridized carbons (Fsp3) is 0.529. The minimum atomic E-state index is -0.0655. The van der Waals surface area contributed by atoms with Gasteiger partial charge in [0.1, 0.15) is 0 Å². The number of aromatic amines is 1. The van der Waals surface area contributed by atoms with Crippen molar-refractivity contribution < 1.29 is 4.79 Å². The van der Waals surface area contributed by atoms with Crippen LogP contribution in [0.15, 0.2) is 24.3 Å². The summed E-state index contributed by atoms with van der Waals surface area (Å²) < 4.78 is 0. The molecule has 4 heterocycles. The highest BCUT2D eigenvalue weighted by Crippen LogP contribution is 2.39. The Balaban J connectivity index is 1.62. The van der Waals surface area contributed by atoms with E-state index in [-0.39, 0.29) is 17.5 Å². The van der Waals surface area contributed by atoms with Crippen LogP contribution >= 0.6 is 0 Å². The van der Waals surface area contributed by atoms with Crippen molar-refractivity contribution in [1.29, 1.82) is 0 Å². The number of fused-ring (bicyclic) bond motifs is 4. The van der Waals surface area contributed by atoms with E-state index in [1.165, 1.54) is 12.8 Å². The summed E-state index contributed by atoms with van der Waals surface area (Å²) in [6.07, 6.45) is 2.35. The Kier molecular flexibility index (Phi) is 3.01. The van der Waals surface area contributed by atoms with Gasteiger partial charge >= 0.3 is 0 Å². The molecule has 3 saturated heterocycles. The number of rotatable bonds is 2. The normalized spacial score (nSPS) is 29.6. The molecule has 3 aliphatic rings. The predicted molar refractivity (Wildman–Crippen MR) is 85.7 cm³/mol. The number of amides is 1. The molecule has 0 saturated carbocycles. The van der Waals surface area contributed by atoms with Crippen molar-refractivity contribution in [2.24, 2.45) is 5.92 Å². The van der Waals surface area contributed by atoms with E-state index in [1.807, 2.05) is 24.3 Å². The summed E-state index contributed by atoms with van der Waals surface area (Å²) in [5.41, 5.74) is 1.42. The van der Waals surface area contributed by atoms with Crippen LogP contribution in [0.3, 0.4) is 0 Å². The topological polar surface area (TPSA) is 61.0 Å². The molecule has 1 aromatic carbocycles. The summed E-state index contributed by atoms with van der Waals surface area (Å²) in [4.78, 5) is 15.2. The average Bonchev–Trinajstić information content (AvgIpc) is 2.95. The fourth-order valence-corrected chi connectivity index (χ4v) is 4.22. The number of benzene rings is 1. The van der Waals surface area contributed by atoms with E-state index in [1.54, 1.807) is 0 Å². The zero-order valence-electron chi connectivity index (χ0n) is 13.1. The van der Waals surface area contributed by atoms with Gasteiger partial charge in [0.15, 0.2) is 5.69 Å². The lowest BCUT2D eigenvalue weighted by Gasteiger charge is -2.56. The zero-order valence-corrected chi connectivity index (χ0v) is 13.1. The zero-order chi connectivity index (χ0) is 15.3. The van der Waals surface area contributed by atoms with Crippen molar-refractivity contribution in [2.75, 3.05) is 13.1 Å². The van der Waals surface area contributed by atoms with E-state index in [4.69, 9.17) is 0 Å². The first kappa shape index (κ1) is 13.8. The molecule has 0 unspecified atom stereocenters. The van der Waals surface area contributed by atoms with Crippen LogP contribution in [0.25, 0.3) is 10.9 Å². The van der Waals surface area contributed by atoms with Gasteiger partial charge in [0.25, 0.3) is 5.91 Å². The van der Waals surface area contributed by atoms with Gasteiger partial charge in [0.2, 0.25) is 0 Å². The lowest BCUT2D eigenvalue weighted by molar-refractivity contribution is -0.0378. The Bertz CT molecular complexity index is 712. The Morgan fingerprint density at radius 3 is 2.77 bits per heavy atom. The molecule has 2 N–H and O–H groups in total. The molecule has 0 aliphatic carbocycles. The van der Waals surface area contributed by atoms with E-state index in [2.05, 4.69) is 34.3 Å². The van der Waals surface area contributed by atoms with Gasteiger partial charge in [0, 0.05) is 17.0 Å². The summed E-state index contributed by atoms with van der Waals surface area (Å²) in [6.45, 7) is 6.78. The van der Waals surface area contributed by atoms with Crippen molar-refractivity contribution >= 4 is 16.8 Å². The highest BCUT2D eigenvalue weighted by Gasteiger charge is 2.48. The highest BCUT2D eigenvalue weighted by atomic mass is 16.2. The maximum Gasteiger partial charge on any atom is 0.272 e. The second-order valence-corrected chi connectivity index (χ2v) is 7.05. The maximum absolute atomic E-state index is 12.7. The third kappa shape index (κ3) is 1.96. The van der Waals surface area contributed by atoms with Gasteiger partial charge in [-0.3, -0.25) is 14.8 Å². The summed E-state index contributed by atoms with van der Waals surface area (Å²) in [6, 6.07) is 7.95. The van der Waals surface area contributed by atoms with Crippen LogP contribution in [0.2, 0.25) is 0 Å². The van der Waals surface area contributed by atoms with Crippen molar-refractivity contribution in [2.45, 2.75) is 38.3 Å². The van der Waals surface area contributed by atoms with Crippen LogP contribution in [-0.2, 0) is 0 Å². The molecule has 0 spiro atoms. The molecule has 3 fully saturated rings. The number of aromatic nitrogens is 2. The summed E-state index contributed by atoms with van der Waals surface area (Å²) in [5, 5.41) is 11.3. The maximum atomic E-state index is 12.7. The summed E-state index contributed by atoms with van der Waals surface area (Å²) >= 11 is 0. The summed E-state index contributed by atoms with van der Waals surface area (Å²) in [5.74, 6) is 0.512. The number of carbonyl (C=O) groups is 1. The second-order valence-electron chi connectivity index (χ2n) is 7.05. The van der Waals surface area contributed by atoms with Gasteiger partial charge < -0.3 is 5.32 Å². The van der Waals surface area contributed by atoms with E-state index in [0.717, 1.165) is 24.0 Å². The molecule has 116 valence electrons. The molecule has 5 heteroatoms. The third-order valence-electron chi connectivity index (χ3n) is 5.56. The molecule has 1 amide bonds. The van der Waals surface area contributed by atoms with Gasteiger partial charge in [-0.1, -0.05) is 18.2 Å². The quantitative estimate of drug-likeness (QED) is 0.893. The Morgan fingerprint density at radius 1 is 1.32 bits per heavy atom. The molecule has 5 nitrogen and oxygen atoms in total. The molecular formula is C17H22N4O. The standard InChI is InChI=1S/C17H22N4O/c1-17(2)15(11-7-9-21(17)10-8-11)18-16(22)14-12-5-3-4-6-13(12)19-20-14/h3-6,11,15H,7-10H2,1-2H3,(H,18,22)(H,19,20)/t15-/m0/s1. The molecule has 0 radical (unpaired) electrons. The lowest BCUT2D eigenvalue weighted by atomic mass is 9.72. The number of hydrogen-bond acceptors (Lipinski definition) is 3. The number of piperidine rings is 3. The third-order valence-corrected chi connectivity index (χ3v) is 5.56. The van der Waals surface area contributed by atoms with E-state index in [9.17, 15) is 4.79 Å². The average molecular weight is 298 g/mol. The van der Waals surface area contributed by atoms with Crippen LogP contribution in [0, 0.1) is 5.92 Å². The number of para-hydroxylation sites is 1. The molecule has 1 atom stereocenters. The number of carbonyl (C=O) groups excluding carboxylic acids is 1. The fourth-order valence-electron chi connectivity index (χ4n) is 4.22. The van der Waals surface area contributed by atoms with Crippen LogP contribution in [0.1, 0.15) is 37.2 Å². The molecular weight excluding hydrogens is 276 g/mol. The SMILES string of the molecule is CC1(C)[C@@H](NC(=O)c2n[nH]c3ccccc23)C2CCN1CC2. The molecule has 2 aromatic rings. The van der Waals surface area contributed by atoms with Gasteiger partial charge in [-0.25, -0.2) is 0 Å². The van der Waals surface area contributed by atoms with Crippen LogP contribution in [0.5, 0.6) is 0 Å². The lowest BCUT2D eigenvalue weighted by Crippen LogP contribution is -2.69. The largest absolute Gasteiger partial charge is 0.346 e. The predicted octanol–water partition coefficient (Wildman–Crippen LogP) is 2.17. The minimum Gasteiger partial charge on any atom is -0.346 e. The number of nitrogens with zero attached hydrogens (tertiary/aromatic N) is 2. The van der Waals surface area contributed by atoms with Crippen LogP contribution in [-0.4, -0.2) is 45.7 Å². The molecule has 3 aliphatic heterocycles. The first-order valence-electron chi connectivity index (χ1n) is 8.06. The van der Waals surface area contributed by atoms with Crippen molar-refractivity contribution in [1.82, 2.24) is 20.4 Å². The van der Waals surface area contributed by atoms with Gasteiger partial charge in [0.05, 0.1) is 5.52 Å². The number of hydrogen-bond donors (Lipinski definition) is 2. The van der Waals surface area contributed by atoms with Crippen molar-refractivity contribution in [3.05, 3.63) is 30.0 Å². The minimum absolute atomic E-state index is 0.0168. The van der Waals surface area contributed by atoms with Crippen molar-refractivity contribution in [3.8, 4) is 0 Å². The number of nitrogens with one attached hydrogen (secondary N) is 2. The van der Waals surface area contributed by atoms with E-state index in [0.29, 0.717) is 11.6 Å². The first-order valence-corrected chi connectivity index (χ1v) is 8.06. The molecule has 1 aromatic heterocycles. The Morgan fingerprint density at radius 2 is 2.05 bits per heavy atom. The van der Waals surface area contributed by atoms with Crippen LogP contribution in [0.4, 0.5) is 0 Å². The first-order chi connectivity index (χ1) is 10.6. The molecule has 5 rings (SSSR count). The smallest absolute Gasteiger partial charge is 0.272 e. The monoisotopic (exact) mass is 298 g/mol. The van der Waals surface area contributed by atoms with Crippen molar-refractivity contribution in [3.63, 3.8) is 0 Å². The van der Waals surface area contributed by atoms with E-state index >= 15 is 0 Å². The Labute approximate surface area is 130 Å². The molecule has 2 bridgehead atoms. The van der Waals surface area contributed by atoms with Crippen LogP contribution < -0.4 is 5.32 Å². The van der Waals surface area contributed by atoms with Gasteiger partial charge in [-0.2, -0.15) is 5.10 Å². The Hall–Kier alpha value is -1.88. The van der Waals surface area contributed by atoms with E-state index < -0.39 is 0 Å². The number of H-pyrrole nitrogens is 1.